The van der Waals surface area contributed by atoms with Crippen molar-refractivity contribution in [2.45, 2.75) is 31.8 Å². The molecule has 0 amide bonds. The molecular weight excluding hydrogens is 212 g/mol. The Kier molecular flexibility index (Phi) is 4.54. The van der Waals surface area contributed by atoms with Gasteiger partial charge < -0.3 is 15.4 Å². The Morgan fingerprint density at radius 1 is 1.29 bits per heavy atom. The minimum Gasteiger partial charge on any atom is -0.497 e. The first-order valence-corrected chi connectivity index (χ1v) is 6.03. The zero-order valence-electron chi connectivity index (χ0n) is 11.5. The maximum absolute atomic E-state index is 6.50. The molecule has 3 heteroatoms. The Hall–Kier alpha value is -1.06. The first-order valence-electron chi connectivity index (χ1n) is 6.03. The average Bonchev–Trinajstić information content (AvgIpc) is 2.29. The summed E-state index contributed by atoms with van der Waals surface area (Å²) in [4.78, 5) is 2.18. The largest absolute Gasteiger partial charge is 0.497 e. The van der Waals surface area contributed by atoms with Crippen molar-refractivity contribution in [3.05, 3.63) is 29.8 Å². The molecule has 0 radical (unpaired) electrons. The summed E-state index contributed by atoms with van der Waals surface area (Å²) in [6.45, 7) is 4.25. The summed E-state index contributed by atoms with van der Waals surface area (Å²) in [6, 6.07) is 8.33. The van der Waals surface area contributed by atoms with Crippen molar-refractivity contribution >= 4 is 0 Å². The number of hydrogen-bond acceptors (Lipinski definition) is 3. The van der Waals surface area contributed by atoms with Crippen LogP contribution in [0.25, 0.3) is 0 Å². The lowest BCUT2D eigenvalue weighted by Gasteiger charge is -2.38. The van der Waals surface area contributed by atoms with Crippen LogP contribution < -0.4 is 10.5 Å². The van der Waals surface area contributed by atoms with Crippen molar-refractivity contribution in [3.63, 3.8) is 0 Å². The molecule has 0 spiro atoms. The molecule has 0 heterocycles. The van der Waals surface area contributed by atoms with Gasteiger partial charge in [-0.15, -0.1) is 0 Å². The van der Waals surface area contributed by atoms with Crippen LogP contribution in [0.15, 0.2) is 24.3 Å². The SMILES string of the molecule is CCC(N(C)C)C(C)(N)c1ccc(OC)cc1. The van der Waals surface area contributed by atoms with Crippen LogP contribution in [0.5, 0.6) is 5.75 Å². The van der Waals surface area contributed by atoms with E-state index in [4.69, 9.17) is 10.5 Å². The van der Waals surface area contributed by atoms with Crippen LogP contribution in [0.1, 0.15) is 25.8 Å². The monoisotopic (exact) mass is 236 g/mol. The third-order valence-corrected chi connectivity index (χ3v) is 3.41. The molecule has 0 aromatic heterocycles. The van der Waals surface area contributed by atoms with Gasteiger partial charge >= 0.3 is 0 Å². The molecule has 1 aromatic rings. The number of methoxy groups -OCH3 is 1. The van der Waals surface area contributed by atoms with Gasteiger partial charge in [0.1, 0.15) is 5.75 Å². The van der Waals surface area contributed by atoms with Crippen LogP contribution in [0.3, 0.4) is 0 Å². The average molecular weight is 236 g/mol. The predicted octanol–water partition coefficient (Wildman–Crippen LogP) is 2.21. The highest BCUT2D eigenvalue weighted by Crippen LogP contribution is 2.27. The maximum Gasteiger partial charge on any atom is 0.118 e. The Labute approximate surface area is 105 Å². The first-order chi connectivity index (χ1) is 7.93. The second-order valence-corrected chi connectivity index (χ2v) is 4.90. The van der Waals surface area contributed by atoms with E-state index in [9.17, 15) is 0 Å². The number of hydrogen-bond donors (Lipinski definition) is 1. The zero-order valence-corrected chi connectivity index (χ0v) is 11.5. The van der Waals surface area contributed by atoms with E-state index in [1.165, 1.54) is 0 Å². The number of rotatable bonds is 5. The Morgan fingerprint density at radius 3 is 2.18 bits per heavy atom. The van der Waals surface area contributed by atoms with Gasteiger partial charge in [0.2, 0.25) is 0 Å². The molecular formula is C14H24N2O. The minimum absolute atomic E-state index is 0.316. The summed E-state index contributed by atoms with van der Waals surface area (Å²) in [5, 5.41) is 0. The van der Waals surface area contributed by atoms with E-state index in [2.05, 4.69) is 32.8 Å². The summed E-state index contributed by atoms with van der Waals surface area (Å²) in [6.07, 6.45) is 1.02. The van der Waals surface area contributed by atoms with Gasteiger partial charge in [-0.2, -0.15) is 0 Å². The molecule has 0 saturated carbocycles. The van der Waals surface area contributed by atoms with E-state index in [1.54, 1.807) is 7.11 Å². The van der Waals surface area contributed by atoms with Gasteiger partial charge in [0.05, 0.1) is 12.6 Å². The molecule has 2 N–H and O–H groups in total. The molecule has 2 atom stereocenters. The normalized spacial score (nSPS) is 16.6. The zero-order chi connectivity index (χ0) is 13.1. The highest BCUT2D eigenvalue weighted by molar-refractivity contribution is 5.32. The van der Waals surface area contributed by atoms with Crippen molar-refractivity contribution in [2.24, 2.45) is 5.73 Å². The number of benzene rings is 1. The third kappa shape index (κ3) is 2.99. The first kappa shape index (κ1) is 14.0. The van der Waals surface area contributed by atoms with Crippen molar-refractivity contribution in [2.75, 3.05) is 21.2 Å². The lowest BCUT2D eigenvalue weighted by molar-refractivity contribution is 0.183. The molecule has 0 aliphatic rings. The number of nitrogens with zero attached hydrogens (tertiary/aromatic N) is 1. The van der Waals surface area contributed by atoms with E-state index in [1.807, 2.05) is 24.3 Å². The standard InChI is InChI=1S/C14H24N2O/c1-6-13(16(3)4)14(2,15)11-7-9-12(17-5)10-8-11/h7-10,13H,6,15H2,1-5H3. The summed E-state index contributed by atoms with van der Waals surface area (Å²) in [5.41, 5.74) is 7.28. The molecule has 1 rings (SSSR count). The summed E-state index contributed by atoms with van der Waals surface area (Å²) in [7, 11) is 5.82. The predicted molar refractivity (Wildman–Crippen MR) is 72.3 cm³/mol. The van der Waals surface area contributed by atoms with Gasteiger partial charge in [0, 0.05) is 6.04 Å². The summed E-state index contributed by atoms with van der Waals surface area (Å²) < 4.78 is 5.16. The van der Waals surface area contributed by atoms with Crippen LogP contribution in [-0.4, -0.2) is 32.1 Å². The van der Waals surface area contributed by atoms with Gasteiger partial charge in [0.25, 0.3) is 0 Å². The van der Waals surface area contributed by atoms with Crippen molar-refractivity contribution in [1.82, 2.24) is 4.90 Å². The second-order valence-electron chi connectivity index (χ2n) is 4.90. The fourth-order valence-corrected chi connectivity index (χ4v) is 2.47. The third-order valence-electron chi connectivity index (χ3n) is 3.41. The van der Waals surface area contributed by atoms with Crippen LogP contribution in [0, 0.1) is 0 Å². The van der Waals surface area contributed by atoms with Crippen molar-refractivity contribution in [1.29, 1.82) is 0 Å². The van der Waals surface area contributed by atoms with Crippen molar-refractivity contribution < 1.29 is 4.74 Å². The van der Waals surface area contributed by atoms with E-state index in [-0.39, 0.29) is 5.54 Å². The number of nitrogens with two attached hydrogens (primary N) is 1. The maximum atomic E-state index is 6.50. The van der Waals surface area contributed by atoms with Gasteiger partial charge in [-0.25, -0.2) is 0 Å². The quantitative estimate of drug-likeness (QED) is 0.852. The van der Waals surface area contributed by atoms with E-state index in [0.29, 0.717) is 6.04 Å². The topological polar surface area (TPSA) is 38.5 Å². The Morgan fingerprint density at radius 2 is 1.82 bits per heavy atom. The number of likely N-dealkylation sites (N-methyl/N-ethyl adjacent to an activating group) is 1. The van der Waals surface area contributed by atoms with Gasteiger partial charge in [-0.3, -0.25) is 0 Å². The molecule has 0 saturated heterocycles. The fraction of sp³-hybridized carbons (Fsp3) is 0.571. The van der Waals surface area contributed by atoms with E-state index in [0.717, 1.165) is 17.7 Å². The minimum atomic E-state index is -0.357. The van der Waals surface area contributed by atoms with E-state index >= 15 is 0 Å². The van der Waals surface area contributed by atoms with Crippen molar-refractivity contribution in [3.8, 4) is 5.75 Å². The lowest BCUT2D eigenvalue weighted by Crippen LogP contribution is -2.51. The van der Waals surface area contributed by atoms with Gasteiger partial charge in [-0.1, -0.05) is 19.1 Å². The molecule has 0 aliphatic carbocycles. The van der Waals surface area contributed by atoms with Crippen LogP contribution in [-0.2, 0) is 5.54 Å². The van der Waals surface area contributed by atoms with E-state index < -0.39 is 0 Å². The molecule has 0 bridgehead atoms. The number of ether oxygens (including phenoxy) is 1. The highest BCUT2D eigenvalue weighted by atomic mass is 16.5. The fourth-order valence-electron chi connectivity index (χ4n) is 2.47. The Bertz CT molecular complexity index is 344. The van der Waals surface area contributed by atoms with Crippen LogP contribution in [0.2, 0.25) is 0 Å². The van der Waals surface area contributed by atoms with Gasteiger partial charge in [0.15, 0.2) is 0 Å². The molecule has 96 valence electrons. The molecule has 17 heavy (non-hydrogen) atoms. The molecule has 3 nitrogen and oxygen atoms in total. The second kappa shape index (κ2) is 5.52. The molecule has 0 fully saturated rings. The lowest BCUT2D eigenvalue weighted by atomic mass is 9.83. The van der Waals surface area contributed by atoms with Gasteiger partial charge in [-0.05, 0) is 45.1 Å². The highest BCUT2D eigenvalue weighted by Gasteiger charge is 2.32. The summed E-state index contributed by atoms with van der Waals surface area (Å²) in [5.74, 6) is 0.863. The molecule has 1 aromatic carbocycles. The van der Waals surface area contributed by atoms with Crippen LogP contribution in [0.4, 0.5) is 0 Å². The van der Waals surface area contributed by atoms with Crippen LogP contribution >= 0.6 is 0 Å². The Balaban J connectivity index is 3.01. The molecule has 2 unspecified atom stereocenters. The smallest absolute Gasteiger partial charge is 0.118 e. The molecule has 0 aliphatic heterocycles. The summed E-state index contributed by atoms with van der Waals surface area (Å²) >= 11 is 0.